The molecule has 0 aromatic carbocycles. The fourth-order valence-electron chi connectivity index (χ4n) is 2.11. The summed E-state index contributed by atoms with van der Waals surface area (Å²) in [6, 6.07) is -0.334. The Morgan fingerprint density at radius 1 is 1.45 bits per heavy atom. The van der Waals surface area contributed by atoms with Crippen molar-refractivity contribution in [3.63, 3.8) is 0 Å². The summed E-state index contributed by atoms with van der Waals surface area (Å²) in [4.78, 5) is 25.1. The van der Waals surface area contributed by atoms with Crippen molar-refractivity contribution in [3.8, 4) is 0 Å². The first-order chi connectivity index (χ1) is 9.58. The Morgan fingerprint density at radius 3 is 2.65 bits per heavy atom. The van der Waals surface area contributed by atoms with Crippen molar-refractivity contribution in [2.45, 2.75) is 38.3 Å². The average molecular weight is 303 g/mol. The topological polar surface area (TPSA) is 84.7 Å². The second kappa shape index (κ2) is 9.07. The number of amides is 2. The number of ether oxygens (including phenoxy) is 1. The highest BCUT2D eigenvalue weighted by Crippen LogP contribution is 2.12. The molecule has 2 amide bonds. The van der Waals surface area contributed by atoms with Gasteiger partial charge in [-0.15, -0.1) is 0 Å². The van der Waals surface area contributed by atoms with Crippen molar-refractivity contribution >= 4 is 23.8 Å². The van der Waals surface area contributed by atoms with Gasteiger partial charge in [0.15, 0.2) is 0 Å². The Bertz CT molecular complexity index is 320. The number of hydrogen-bond acceptors (Lipinski definition) is 5. The molecule has 3 N–H and O–H groups in total. The lowest BCUT2D eigenvalue weighted by Crippen LogP contribution is -2.50. The van der Waals surface area contributed by atoms with Crippen molar-refractivity contribution in [2.24, 2.45) is 5.73 Å². The number of piperidine rings is 1. The first kappa shape index (κ1) is 17.1. The zero-order chi connectivity index (χ0) is 15.0. The van der Waals surface area contributed by atoms with Crippen LogP contribution in [0.15, 0.2) is 0 Å². The third-order valence-corrected chi connectivity index (χ3v) is 3.98. The first-order valence-corrected chi connectivity index (χ1v) is 8.44. The minimum Gasteiger partial charge on any atom is -0.450 e. The van der Waals surface area contributed by atoms with Crippen LogP contribution < -0.4 is 11.1 Å². The molecule has 0 spiro atoms. The molecule has 0 aromatic rings. The van der Waals surface area contributed by atoms with Crippen LogP contribution in [0.1, 0.15) is 26.2 Å². The van der Waals surface area contributed by atoms with Gasteiger partial charge in [0, 0.05) is 19.1 Å². The molecule has 6 nitrogen and oxygen atoms in total. The second-order valence-electron chi connectivity index (χ2n) is 4.86. The van der Waals surface area contributed by atoms with Gasteiger partial charge >= 0.3 is 6.09 Å². The minimum atomic E-state index is -0.439. The second-order valence-corrected chi connectivity index (χ2v) is 5.84. The van der Waals surface area contributed by atoms with E-state index in [9.17, 15) is 9.59 Å². The molecule has 7 heteroatoms. The number of thioether (sulfide) groups is 1. The van der Waals surface area contributed by atoms with Crippen LogP contribution in [0.4, 0.5) is 4.79 Å². The van der Waals surface area contributed by atoms with Crippen LogP contribution in [0.5, 0.6) is 0 Å². The maximum atomic E-state index is 11.9. The van der Waals surface area contributed by atoms with E-state index in [0.717, 1.165) is 18.6 Å². The van der Waals surface area contributed by atoms with Crippen molar-refractivity contribution < 1.29 is 14.3 Å². The smallest absolute Gasteiger partial charge is 0.409 e. The molecule has 116 valence electrons. The molecule has 0 aliphatic carbocycles. The van der Waals surface area contributed by atoms with Crippen molar-refractivity contribution in [1.29, 1.82) is 0 Å². The number of rotatable bonds is 6. The summed E-state index contributed by atoms with van der Waals surface area (Å²) in [6.07, 6.45) is 3.92. The van der Waals surface area contributed by atoms with E-state index < -0.39 is 6.04 Å². The molecule has 0 saturated carbocycles. The standard InChI is InChI=1S/C13H25N3O3S/c1-3-19-13(18)16-7-4-10(5-8-16)15-12(17)11(14)6-9-20-2/h10-11H,3-9,14H2,1-2H3,(H,15,17)/t11-/m1/s1. The highest BCUT2D eigenvalue weighted by Gasteiger charge is 2.25. The van der Waals surface area contributed by atoms with Gasteiger partial charge in [0.2, 0.25) is 5.91 Å². The summed E-state index contributed by atoms with van der Waals surface area (Å²) in [6.45, 7) is 3.41. The maximum absolute atomic E-state index is 11.9. The summed E-state index contributed by atoms with van der Waals surface area (Å²) >= 11 is 1.68. The van der Waals surface area contributed by atoms with E-state index >= 15 is 0 Å². The number of carbonyl (C=O) groups is 2. The van der Waals surface area contributed by atoms with Crippen molar-refractivity contribution in [3.05, 3.63) is 0 Å². The Labute approximate surface area is 124 Å². The highest BCUT2D eigenvalue weighted by molar-refractivity contribution is 7.98. The molecule has 0 unspecified atom stereocenters. The molecule has 1 saturated heterocycles. The lowest BCUT2D eigenvalue weighted by Gasteiger charge is -2.32. The third-order valence-electron chi connectivity index (χ3n) is 3.34. The van der Waals surface area contributed by atoms with E-state index in [4.69, 9.17) is 10.5 Å². The summed E-state index contributed by atoms with van der Waals surface area (Å²) in [5.41, 5.74) is 5.83. The van der Waals surface area contributed by atoms with Crippen LogP contribution in [0, 0.1) is 0 Å². The molecule has 1 rings (SSSR count). The predicted octanol–water partition coefficient (Wildman–Crippen LogP) is 0.804. The van der Waals surface area contributed by atoms with E-state index in [1.54, 1.807) is 23.6 Å². The number of nitrogens with two attached hydrogens (primary N) is 1. The van der Waals surface area contributed by atoms with Gasteiger partial charge in [-0.3, -0.25) is 4.79 Å². The molecule has 1 aliphatic rings. The molecular formula is C13H25N3O3S. The van der Waals surface area contributed by atoms with Gasteiger partial charge in [0.25, 0.3) is 0 Å². The Morgan fingerprint density at radius 2 is 2.10 bits per heavy atom. The maximum Gasteiger partial charge on any atom is 0.409 e. The lowest BCUT2D eigenvalue weighted by atomic mass is 10.0. The summed E-state index contributed by atoms with van der Waals surface area (Å²) in [5.74, 6) is 0.796. The summed E-state index contributed by atoms with van der Waals surface area (Å²) < 4.78 is 4.96. The van der Waals surface area contributed by atoms with Gasteiger partial charge < -0.3 is 20.7 Å². The predicted molar refractivity (Wildman–Crippen MR) is 80.7 cm³/mol. The van der Waals surface area contributed by atoms with E-state index in [2.05, 4.69) is 5.32 Å². The number of carbonyl (C=O) groups excluding carboxylic acids is 2. The number of likely N-dealkylation sites (tertiary alicyclic amines) is 1. The summed E-state index contributed by atoms with van der Waals surface area (Å²) in [7, 11) is 0. The molecule has 1 atom stereocenters. The Hall–Kier alpha value is -0.950. The zero-order valence-corrected chi connectivity index (χ0v) is 13.1. The minimum absolute atomic E-state index is 0.0892. The molecule has 1 aliphatic heterocycles. The first-order valence-electron chi connectivity index (χ1n) is 7.05. The van der Waals surface area contributed by atoms with E-state index in [0.29, 0.717) is 26.1 Å². The monoisotopic (exact) mass is 303 g/mol. The van der Waals surface area contributed by atoms with E-state index in [1.807, 2.05) is 6.26 Å². The van der Waals surface area contributed by atoms with Crippen molar-refractivity contribution in [2.75, 3.05) is 31.7 Å². The molecule has 1 heterocycles. The zero-order valence-electron chi connectivity index (χ0n) is 12.3. The van der Waals surface area contributed by atoms with Gasteiger partial charge in [-0.25, -0.2) is 4.79 Å². The van der Waals surface area contributed by atoms with E-state index in [-0.39, 0.29) is 18.0 Å². The fraction of sp³-hybridized carbons (Fsp3) is 0.846. The SMILES string of the molecule is CCOC(=O)N1CCC(NC(=O)[C@H](N)CCSC)CC1. The van der Waals surface area contributed by atoms with Gasteiger partial charge in [0.05, 0.1) is 12.6 Å². The van der Waals surface area contributed by atoms with Crippen LogP contribution >= 0.6 is 11.8 Å². The van der Waals surface area contributed by atoms with Crippen molar-refractivity contribution in [1.82, 2.24) is 10.2 Å². The van der Waals surface area contributed by atoms with Gasteiger partial charge in [-0.2, -0.15) is 11.8 Å². The Kier molecular flexibility index (Phi) is 7.76. The number of nitrogens with zero attached hydrogens (tertiary/aromatic N) is 1. The van der Waals surface area contributed by atoms with Crippen LogP contribution in [0.3, 0.4) is 0 Å². The van der Waals surface area contributed by atoms with Crippen LogP contribution in [-0.4, -0.2) is 60.7 Å². The molecule has 0 aromatic heterocycles. The largest absolute Gasteiger partial charge is 0.450 e. The van der Waals surface area contributed by atoms with Crippen LogP contribution in [0.2, 0.25) is 0 Å². The summed E-state index contributed by atoms with van der Waals surface area (Å²) in [5, 5.41) is 2.97. The molecule has 20 heavy (non-hydrogen) atoms. The van der Waals surface area contributed by atoms with Gasteiger partial charge in [0.1, 0.15) is 0 Å². The highest BCUT2D eigenvalue weighted by atomic mass is 32.2. The molecule has 1 fully saturated rings. The Balaban J connectivity index is 2.28. The van der Waals surface area contributed by atoms with Gasteiger partial charge in [-0.05, 0) is 38.2 Å². The normalized spacial score (nSPS) is 17.6. The molecule has 0 radical (unpaired) electrons. The number of nitrogens with one attached hydrogen (secondary N) is 1. The molecule has 0 bridgehead atoms. The third kappa shape index (κ3) is 5.58. The van der Waals surface area contributed by atoms with Crippen LogP contribution in [0.25, 0.3) is 0 Å². The quantitative estimate of drug-likeness (QED) is 0.758. The van der Waals surface area contributed by atoms with Crippen LogP contribution in [-0.2, 0) is 9.53 Å². The average Bonchev–Trinajstić information content (AvgIpc) is 2.45. The lowest BCUT2D eigenvalue weighted by molar-refractivity contribution is -0.123. The van der Waals surface area contributed by atoms with Gasteiger partial charge in [-0.1, -0.05) is 0 Å². The van der Waals surface area contributed by atoms with E-state index in [1.165, 1.54) is 0 Å². The molecular weight excluding hydrogens is 278 g/mol. The fourth-order valence-corrected chi connectivity index (χ4v) is 2.59. The number of hydrogen-bond donors (Lipinski definition) is 2.